The first kappa shape index (κ1) is 11.0. The van der Waals surface area contributed by atoms with Gasteiger partial charge in [-0.05, 0) is 31.4 Å². The van der Waals surface area contributed by atoms with E-state index in [0.29, 0.717) is 11.8 Å². The molecule has 0 unspecified atom stereocenters. The van der Waals surface area contributed by atoms with Crippen molar-refractivity contribution in [1.82, 2.24) is 0 Å². The number of nitrogens with two attached hydrogens (primary N) is 1. The second-order valence-electron chi connectivity index (χ2n) is 3.45. The zero-order valence-corrected chi connectivity index (χ0v) is 8.59. The van der Waals surface area contributed by atoms with Crippen LogP contribution in [0.25, 0.3) is 0 Å². The highest BCUT2D eigenvalue weighted by Gasteiger charge is 2.13. The van der Waals surface area contributed by atoms with Gasteiger partial charge in [0.2, 0.25) is 0 Å². The van der Waals surface area contributed by atoms with Crippen molar-refractivity contribution in [2.45, 2.75) is 25.8 Å². The van der Waals surface area contributed by atoms with E-state index < -0.39 is 0 Å². The lowest BCUT2D eigenvalue weighted by Crippen LogP contribution is -1.94. The molecule has 2 rings (SSSR count). The third-order valence-corrected chi connectivity index (χ3v) is 1.99. The lowest BCUT2D eigenvalue weighted by atomic mass is 10.2. The van der Waals surface area contributed by atoms with Gasteiger partial charge < -0.3 is 10.5 Å². The third-order valence-electron chi connectivity index (χ3n) is 1.99. The molecular weight excluding hydrogens is 181 g/mol. The molecule has 1 aromatic rings. The Morgan fingerprint density at radius 3 is 2.36 bits per heavy atom. The SMILES string of the molecule is COc1cc(F)ccc1C.NC1CC1. The first-order valence-electron chi connectivity index (χ1n) is 4.69. The number of ether oxygens (including phenoxy) is 1. The molecule has 0 heterocycles. The molecule has 3 heteroatoms. The van der Waals surface area contributed by atoms with E-state index >= 15 is 0 Å². The van der Waals surface area contributed by atoms with Gasteiger partial charge in [-0.3, -0.25) is 0 Å². The summed E-state index contributed by atoms with van der Waals surface area (Å²) in [6.07, 6.45) is 2.53. The maximum absolute atomic E-state index is 12.5. The first-order valence-corrected chi connectivity index (χ1v) is 4.69. The van der Waals surface area contributed by atoms with E-state index in [1.54, 1.807) is 6.07 Å². The number of aryl methyl sites for hydroxylation is 1. The first-order chi connectivity index (χ1) is 6.63. The van der Waals surface area contributed by atoms with Crippen LogP contribution in [0.2, 0.25) is 0 Å². The second-order valence-corrected chi connectivity index (χ2v) is 3.45. The van der Waals surface area contributed by atoms with Crippen LogP contribution >= 0.6 is 0 Å². The van der Waals surface area contributed by atoms with E-state index in [1.165, 1.54) is 32.1 Å². The zero-order chi connectivity index (χ0) is 10.6. The predicted molar refractivity (Wildman–Crippen MR) is 54.9 cm³/mol. The van der Waals surface area contributed by atoms with Crippen molar-refractivity contribution >= 4 is 0 Å². The Labute approximate surface area is 83.9 Å². The fourth-order valence-corrected chi connectivity index (χ4v) is 0.890. The maximum Gasteiger partial charge on any atom is 0.126 e. The number of hydrogen-bond acceptors (Lipinski definition) is 2. The Morgan fingerprint density at radius 2 is 2.00 bits per heavy atom. The van der Waals surface area contributed by atoms with E-state index in [4.69, 9.17) is 10.5 Å². The fraction of sp³-hybridized carbons (Fsp3) is 0.455. The second kappa shape index (κ2) is 4.96. The monoisotopic (exact) mass is 197 g/mol. The molecule has 14 heavy (non-hydrogen) atoms. The van der Waals surface area contributed by atoms with Crippen molar-refractivity contribution in [3.8, 4) is 5.75 Å². The van der Waals surface area contributed by atoms with Crippen LogP contribution in [0.4, 0.5) is 4.39 Å². The molecular formula is C11H16FNO. The zero-order valence-electron chi connectivity index (χ0n) is 8.59. The van der Waals surface area contributed by atoms with E-state index in [-0.39, 0.29) is 5.82 Å². The number of benzene rings is 1. The molecule has 1 saturated carbocycles. The number of rotatable bonds is 1. The Balaban J connectivity index is 0.000000203. The molecule has 2 N–H and O–H groups in total. The van der Waals surface area contributed by atoms with Crippen molar-refractivity contribution < 1.29 is 9.13 Å². The molecule has 1 aliphatic carbocycles. The topological polar surface area (TPSA) is 35.2 Å². The van der Waals surface area contributed by atoms with Crippen molar-refractivity contribution in [2.24, 2.45) is 5.73 Å². The molecule has 0 atom stereocenters. The van der Waals surface area contributed by atoms with Gasteiger partial charge in [0.05, 0.1) is 7.11 Å². The van der Waals surface area contributed by atoms with Gasteiger partial charge in [0.25, 0.3) is 0 Å². The number of halogens is 1. The van der Waals surface area contributed by atoms with E-state index in [0.717, 1.165) is 5.56 Å². The Hall–Kier alpha value is -1.09. The van der Waals surface area contributed by atoms with Crippen LogP contribution in [0.15, 0.2) is 18.2 Å². The molecule has 2 nitrogen and oxygen atoms in total. The Morgan fingerprint density at radius 1 is 1.43 bits per heavy atom. The average Bonchev–Trinajstić information content (AvgIpc) is 2.93. The summed E-state index contributed by atoms with van der Waals surface area (Å²) in [5, 5.41) is 0. The lowest BCUT2D eigenvalue weighted by molar-refractivity contribution is 0.408. The highest BCUT2D eigenvalue weighted by Crippen LogP contribution is 2.17. The quantitative estimate of drug-likeness (QED) is 0.749. The van der Waals surface area contributed by atoms with Crippen LogP contribution in [0.1, 0.15) is 18.4 Å². The molecule has 0 aromatic heterocycles. The van der Waals surface area contributed by atoms with Gasteiger partial charge in [0.1, 0.15) is 11.6 Å². The minimum absolute atomic E-state index is 0.262. The molecule has 0 bridgehead atoms. The fourth-order valence-electron chi connectivity index (χ4n) is 0.890. The van der Waals surface area contributed by atoms with Crippen LogP contribution in [0.5, 0.6) is 5.75 Å². The average molecular weight is 197 g/mol. The molecule has 1 aliphatic rings. The molecule has 0 saturated heterocycles. The van der Waals surface area contributed by atoms with Crippen molar-refractivity contribution in [1.29, 1.82) is 0 Å². The summed E-state index contributed by atoms with van der Waals surface area (Å²) in [6.45, 7) is 1.87. The van der Waals surface area contributed by atoms with Crippen LogP contribution in [-0.4, -0.2) is 13.2 Å². The minimum Gasteiger partial charge on any atom is -0.496 e. The predicted octanol–water partition coefficient (Wildman–Crippen LogP) is 2.25. The summed E-state index contributed by atoms with van der Waals surface area (Å²) in [6, 6.07) is 5.06. The summed E-state index contributed by atoms with van der Waals surface area (Å²) in [4.78, 5) is 0. The van der Waals surface area contributed by atoms with Crippen molar-refractivity contribution in [2.75, 3.05) is 7.11 Å². The summed E-state index contributed by atoms with van der Waals surface area (Å²) < 4.78 is 17.3. The largest absolute Gasteiger partial charge is 0.496 e. The van der Waals surface area contributed by atoms with E-state index in [9.17, 15) is 4.39 Å². The molecule has 78 valence electrons. The molecule has 1 aromatic carbocycles. The Bertz CT molecular complexity index is 297. The van der Waals surface area contributed by atoms with E-state index in [2.05, 4.69) is 0 Å². The lowest BCUT2D eigenvalue weighted by Gasteiger charge is -2.02. The molecule has 1 fully saturated rings. The normalized spacial score (nSPS) is 14.3. The van der Waals surface area contributed by atoms with Crippen LogP contribution in [0, 0.1) is 12.7 Å². The van der Waals surface area contributed by atoms with Gasteiger partial charge in [-0.25, -0.2) is 4.39 Å². The smallest absolute Gasteiger partial charge is 0.126 e. The van der Waals surface area contributed by atoms with Crippen molar-refractivity contribution in [3.05, 3.63) is 29.6 Å². The van der Waals surface area contributed by atoms with Gasteiger partial charge >= 0.3 is 0 Å². The summed E-state index contributed by atoms with van der Waals surface area (Å²) in [5.74, 6) is 0.336. The summed E-state index contributed by atoms with van der Waals surface area (Å²) >= 11 is 0. The highest BCUT2D eigenvalue weighted by molar-refractivity contribution is 5.32. The van der Waals surface area contributed by atoms with Crippen LogP contribution in [-0.2, 0) is 0 Å². The Kier molecular flexibility index (Phi) is 3.89. The van der Waals surface area contributed by atoms with Gasteiger partial charge in [0, 0.05) is 12.1 Å². The van der Waals surface area contributed by atoms with Gasteiger partial charge in [-0.1, -0.05) is 6.07 Å². The van der Waals surface area contributed by atoms with Gasteiger partial charge in [0.15, 0.2) is 0 Å². The molecule has 0 spiro atoms. The number of methoxy groups -OCH3 is 1. The summed E-state index contributed by atoms with van der Waals surface area (Å²) in [7, 11) is 1.53. The third kappa shape index (κ3) is 3.75. The summed E-state index contributed by atoms with van der Waals surface area (Å²) in [5.41, 5.74) is 6.17. The van der Waals surface area contributed by atoms with Gasteiger partial charge in [-0.2, -0.15) is 0 Å². The highest BCUT2D eigenvalue weighted by atomic mass is 19.1. The molecule has 0 radical (unpaired) electrons. The number of hydrogen-bond donors (Lipinski definition) is 1. The molecule has 0 amide bonds. The van der Waals surface area contributed by atoms with Gasteiger partial charge in [-0.15, -0.1) is 0 Å². The van der Waals surface area contributed by atoms with Crippen LogP contribution < -0.4 is 10.5 Å². The minimum atomic E-state index is -0.262. The molecule has 0 aliphatic heterocycles. The van der Waals surface area contributed by atoms with Crippen molar-refractivity contribution in [3.63, 3.8) is 0 Å². The standard InChI is InChI=1S/C8H9FO.C3H7N/c1-6-3-4-7(9)5-8(6)10-2;4-3-1-2-3/h3-5H,1-2H3;3H,1-2,4H2. The van der Waals surface area contributed by atoms with E-state index in [1.807, 2.05) is 6.92 Å². The maximum atomic E-state index is 12.5. The van der Waals surface area contributed by atoms with Crippen LogP contribution in [0.3, 0.4) is 0 Å².